The van der Waals surface area contributed by atoms with Crippen LogP contribution >= 0.6 is 11.6 Å². The molecular formula is C22H29ClN6O5S. The second kappa shape index (κ2) is 10.4. The average Bonchev–Trinajstić information content (AvgIpc) is 3.27. The lowest BCUT2D eigenvalue weighted by molar-refractivity contribution is 0.0567. The molecule has 11 nitrogen and oxygen atoms in total. The number of hydrogen-bond donors (Lipinski definition) is 0. The Bertz CT molecular complexity index is 1170. The number of nitrogens with zero attached hydrogens (tertiary/aromatic N) is 6. The molecule has 0 spiro atoms. The number of ether oxygens (including phenoxy) is 1. The Morgan fingerprint density at radius 2 is 1.57 bits per heavy atom. The van der Waals surface area contributed by atoms with Crippen molar-refractivity contribution >= 4 is 39.3 Å². The van der Waals surface area contributed by atoms with Crippen molar-refractivity contribution in [3.8, 4) is 0 Å². The molecule has 1 aromatic heterocycles. The molecule has 13 heteroatoms. The van der Waals surface area contributed by atoms with Gasteiger partial charge in [0.1, 0.15) is 0 Å². The van der Waals surface area contributed by atoms with E-state index in [-0.39, 0.29) is 43.4 Å². The highest BCUT2D eigenvalue weighted by Crippen LogP contribution is 2.24. The van der Waals surface area contributed by atoms with Gasteiger partial charge in [-0.3, -0.25) is 9.48 Å². The molecule has 35 heavy (non-hydrogen) atoms. The molecular weight excluding hydrogens is 496 g/mol. The maximum absolute atomic E-state index is 13.5. The molecule has 2 amide bonds. The normalized spacial score (nSPS) is 17.5. The van der Waals surface area contributed by atoms with E-state index >= 15 is 0 Å². The van der Waals surface area contributed by atoms with Crippen LogP contribution in [0, 0.1) is 0 Å². The van der Waals surface area contributed by atoms with Gasteiger partial charge < -0.3 is 19.4 Å². The van der Waals surface area contributed by atoms with Gasteiger partial charge in [0.15, 0.2) is 0 Å². The van der Waals surface area contributed by atoms with Crippen LogP contribution in [0.5, 0.6) is 0 Å². The summed E-state index contributed by atoms with van der Waals surface area (Å²) < 4.78 is 34.7. The number of aromatic nitrogens is 2. The fourth-order valence-corrected chi connectivity index (χ4v) is 5.91. The molecule has 0 radical (unpaired) electrons. The number of piperazine rings is 2. The van der Waals surface area contributed by atoms with E-state index in [1.54, 1.807) is 31.0 Å². The molecule has 1 aromatic carbocycles. The zero-order chi connectivity index (χ0) is 25.2. The summed E-state index contributed by atoms with van der Waals surface area (Å²) >= 11 is 5.96. The molecule has 2 fully saturated rings. The van der Waals surface area contributed by atoms with Gasteiger partial charge >= 0.3 is 6.09 Å². The van der Waals surface area contributed by atoms with E-state index in [4.69, 9.17) is 16.3 Å². The number of sulfonamides is 1. The molecule has 2 aromatic rings. The van der Waals surface area contributed by atoms with Crippen LogP contribution in [0.3, 0.4) is 0 Å². The summed E-state index contributed by atoms with van der Waals surface area (Å²) in [4.78, 5) is 30.4. The maximum Gasteiger partial charge on any atom is 0.409 e. The Morgan fingerprint density at radius 3 is 2.17 bits per heavy atom. The van der Waals surface area contributed by atoms with Crippen LogP contribution in [0.2, 0.25) is 5.02 Å². The van der Waals surface area contributed by atoms with Crippen molar-refractivity contribution in [2.75, 3.05) is 63.9 Å². The van der Waals surface area contributed by atoms with Crippen molar-refractivity contribution in [3.05, 3.63) is 41.0 Å². The number of carbonyl (C=O) groups is 2. The summed E-state index contributed by atoms with van der Waals surface area (Å²) in [5.74, 6) is -0.417. The largest absolute Gasteiger partial charge is 0.450 e. The average molecular weight is 525 g/mol. The van der Waals surface area contributed by atoms with E-state index < -0.39 is 22.0 Å². The Kier molecular flexibility index (Phi) is 7.53. The molecule has 0 aliphatic carbocycles. The van der Waals surface area contributed by atoms with Crippen molar-refractivity contribution < 1.29 is 22.7 Å². The van der Waals surface area contributed by atoms with Crippen LogP contribution in [0.15, 0.2) is 35.5 Å². The molecule has 4 rings (SSSR count). The van der Waals surface area contributed by atoms with Gasteiger partial charge in [0, 0.05) is 76.3 Å². The van der Waals surface area contributed by atoms with Crippen molar-refractivity contribution in [3.63, 3.8) is 0 Å². The third-order valence-corrected chi connectivity index (χ3v) is 8.22. The molecule has 0 N–H and O–H groups in total. The van der Waals surface area contributed by atoms with Gasteiger partial charge in [0.2, 0.25) is 5.03 Å². The Balaban J connectivity index is 1.45. The molecule has 0 bridgehead atoms. The molecule has 2 aliphatic heterocycles. The summed E-state index contributed by atoms with van der Waals surface area (Å²) in [7, 11) is -2.39. The molecule has 2 aliphatic rings. The second-order valence-electron chi connectivity index (χ2n) is 8.37. The number of benzene rings is 1. The number of aryl methyl sites for hydroxylation is 1. The predicted octanol–water partition coefficient (Wildman–Crippen LogP) is 1.50. The van der Waals surface area contributed by atoms with Crippen molar-refractivity contribution in [1.29, 1.82) is 0 Å². The van der Waals surface area contributed by atoms with E-state index in [0.717, 1.165) is 5.69 Å². The lowest BCUT2D eigenvalue weighted by Crippen LogP contribution is -2.51. The van der Waals surface area contributed by atoms with Gasteiger partial charge in [-0.2, -0.15) is 9.40 Å². The van der Waals surface area contributed by atoms with Gasteiger partial charge in [-0.25, -0.2) is 13.2 Å². The number of carbonyl (C=O) groups excluding carboxylic acids is 2. The minimum atomic E-state index is -3.98. The minimum Gasteiger partial charge on any atom is -0.450 e. The van der Waals surface area contributed by atoms with Gasteiger partial charge in [-0.15, -0.1) is 0 Å². The minimum absolute atomic E-state index is 0.0391. The fraction of sp³-hybridized carbons (Fsp3) is 0.500. The van der Waals surface area contributed by atoms with E-state index in [1.807, 2.05) is 12.1 Å². The first-order valence-corrected chi connectivity index (χ1v) is 13.3. The lowest BCUT2D eigenvalue weighted by atomic mass is 10.2. The SMILES string of the molecule is CCOC(=O)N1CCN(C(=O)c2cn(C)nc2S(=O)(=O)N2CCN(c3ccc(Cl)cc3)CC2)CC1. The standard InChI is InChI=1S/C22H29ClN6O5S/c1-3-34-22(31)28-10-8-27(9-11-28)21(30)19-16-25(2)24-20(19)35(32,33)29-14-12-26(13-15-29)18-6-4-17(23)5-7-18/h4-7,16H,3,8-15H2,1-2H3. The molecule has 0 unspecified atom stereocenters. The topological polar surface area (TPSA) is 108 Å². The number of anilines is 1. The molecule has 190 valence electrons. The quantitative estimate of drug-likeness (QED) is 0.583. The lowest BCUT2D eigenvalue weighted by Gasteiger charge is -2.35. The van der Waals surface area contributed by atoms with Gasteiger partial charge in [-0.05, 0) is 31.2 Å². The third kappa shape index (κ3) is 5.39. The van der Waals surface area contributed by atoms with Crippen LogP contribution in [-0.4, -0.2) is 103 Å². The number of halogens is 1. The summed E-state index contributed by atoms with van der Waals surface area (Å²) in [6.45, 7) is 4.78. The highest BCUT2D eigenvalue weighted by Gasteiger charge is 2.36. The van der Waals surface area contributed by atoms with Crippen LogP contribution in [-0.2, 0) is 21.8 Å². The van der Waals surface area contributed by atoms with E-state index in [9.17, 15) is 18.0 Å². The third-order valence-electron chi connectivity index (χ3n) is 6.13. The Hall–Kier alpha value is -2.83. The summed E-state index contributed by atoms with van der Waals surface area (Å²) in [5, 5.41) is 4.56. The molecule has 0 atom stereocenters. The summed E-state index contributed by atoms with van der Waals surface area (Å²) in [6, 6.07) is 7.42. The van der Waals surface area contributed by atoms with Crippen LogP contribution in [0.4, 0.5) is 10.5 Å². The van der Waals surface area contributed by atoms with Crippen molar-refractivity contribution in [2.45, 2.75) is 11.9 Å². The van der Waals surface area contributed by atoms with E-state index in [0.29, 0.717) is 31.2 Å². The van der Waals surface area contributed by atoms with Crippen LogP contribution in [0.25, 0.3) is 0 Å². The van der Waals surface area contributed by atoms with Gasteiger partial charge in [0.05, 0.1) is 12.2 Å². The first-order valence-electron chi connectivity index (χ1n) is 11.5. The first kappa shape index (κ1) is 25.3. The number of hydrogen-bond acceptors (Lipinski definition) is 7. The monoisotopic (exact) mass is 524 g/mol. The predicted molar refractivity (Wildman–Crippen MR) is 130 cm³/mol. The summed E-state index contributed by atoms with van der Waals surface area (Å²) in [5.41, 5.74) is 1.01. The van der Waals surface area contributed by atoms with Gasteiger partial charge in [-0.1, -0.05) is 11.6 Å². The second-order valence-corrected chi connectivity index (χ2v) is 10.7. The highest BCUT2D eigenvalue weighted by atomic mass is 35.5. The van der Waals surface area contributed by atoms with Crippen LogP contribution in [0.1, 0.15) is 17.3 Å². The smallest absolute Gasteiger partial charge is 0.409 e. The highest BCUT2D eigenvalue weighted by molar-refractivity contribution is 7.89. The van der Waals surface area contributed by atoms with Crippen molar-refractivity contribution in [1.82, 2.24) is 23.9 Å². The molecule has 3 heterocycles. The molecule has 0 saturated carbocycles. The first-order chi connectivity index (χ1) is 16.7. The zero-order valence-corrected chi connectivity index (χ0v) is 21.3. The molecule has 2 saturated heterocycles. The van der Waals surface area contributed by atoms with E-state index in [1.165, 1.54) is 20.1 Å². The Morgan fingerprint density at radius 1 is 0.971 bits per heavy atom. The maximum atomic E-state index is 13.5. The zero-order valence-electron chi connectivity index (χ0n) is 19.8. The van der Waals surface area contributed by atoms with Crippen LogP contribution < -0.4 is 4.90 Å². The van der Waals surface area contributed by atoms with Crippen molar-refractivity contribution in [2.24, 2.45) is 7.05 Å². The number of rotatable bonds is 5. The Labute approximate surface area is 209 Å². The summed E-state index contributed by atoms with van der Waals surface area (Å²) in [6.07, 6.45) is 1.03. The number of amides is 2. The van der Waals surface area contributed by atoms with Gasteiger partial charge in [0.25, 0.3) is 15.9 Å². The fourth-order valence-electron chi connectivity index (χ4n) is 4.24. The van der Waals surface area contributed by atoms with E-state index in [2.05, 4.69) is 10.00 Å².